The van der Waals surface area contributed by atoms with E-state index < -0.39 is 12.2 Å². The summed E-state index contributed by atoms with van der Waals surface area (Å²) in [7, 11) is 0. The topological polar surface area (TPSA) is 97.3 Å². The van der Waals surface area contributed by atoms with E-state index >= 15 is 0 Å². The number of carbonyl (C=O) groups excluding carboxylic acids is 1. The van der Waals surface area contributed by atoms with E-state index in [1.807, 2.05) is 17.5 Å². The van der Waals surface area contributed by atoms with Crippen molar-refractivity contribution in [3.63, 3.8) is 0 Å². The second kappa shape index (κ2) is 10.2. The average Bonchev–Trinajstić information content (AvgIpc) is 3.22. The number of aromatic hydroxyl groups is 1. The molecule has 0 aliphatic carbocycles. The maximum absolute atomic E-state index is 12.7. The minimum absolute atomic E-state index is 0.00189. The Morgan fingerprint density at radius 2 is 2.14 bits per heavy atom. The fourth-order valence-corrected chi connectivity index (χ4v) is 3.61. The number of thiophene rings is 1. The van der Waals surface area contributed by atoms with Crippen LogP contribution in [0.25, 0.3) is 0 Å². The van der Waals surface area contributed by atoms with Crippen LogP contribution >= 0.6 is 11.3 Å². The molecule has 28 heavy (non-hydrogen) atoms. The van der Waals surface area contributed by atoms with Crippen LogP contribution in [0, 0.1) is 0 Å². The highest BCUT2D eigenvalue weighted by molar-refractivity contribution is 7.10. The van der Waals surface area contributed by atoms with Gasteiger partial charge in [0.05, 0.1) is 26.4 Å². The van der Waals surface area contributed by atoms with Crippen LogP contribution in [0.2, 0.25) is 0 Å². The molecule has 8 heteroatoms. The molecule has 1 aliphatic rings. The normalized spacial score (nSPS) is 19.0. The molecule has 0 fully saturated rings. The largest absolute Gasteiger partial charge is 0.508 e. The number of allylic oxidation sites excluding steroid dienone is 1. The third-order valence-electron chi connectivity index (χ3n) is 4.06. The Morgan fingerprint density at radius 1 is 1.25 bits per heavy atom. The number of aliphatic hydroxyl groups is 1. The Morgan fingerprint density at radius 3 is 2.89 bits per heavy atom. The number of benzene rings is 1. The van der Waals surface area contributed by atoms with Crippen LogP contribution in [-0.4, -0.2) is 48.8 Å². The molecule has 1 aromatic carbocycles. The lowest BCUT2D eigenvalue weighted by molar-refractivity contribution is -0.148. The van der Waals surface area contributed by atoms with Gasteiger partial charge in [-0.1, -0.05) is 12.1 Å². The number of hydrogen-bond acceptors (Lipinski definition) is 7. The van der Waals surface area contributed by atoms with Gasteiger partial charge in [0.25, 0.3) is 5.91 Å². The molecular formula is C20H23NO6S. The molecule has 7 nitrogen and oxygen atoms in total. The van der Waals surface area contributed by atoms with Crippen molar-refractivity contribution in [2.75, 3.05) is 31.7 Å². The first kappa shape index (κ1) is 20.3. The fourth-order valence-electron chi connectivity index (χ4n) is 2.80. The summed E-state index contributed by atoms with van der Waals surface area (Å²) in [5.74, 6) is -0.162. The summed E-state index contributed by atoms with van der Waals surface area (Å²) >= 11 is 1.61. The van der Waals surface area contributed by atoms with Crippen molar-refractivity contribution >= 4 is 22.9 Å². The maximum atomic E-state index is 12.7. The molecule has 1 aromatic heterocycles. The van der Waals surface area contributed by atoms with E-state index in [-0.39, 0.29) is 30.6 Å². The van der Waals surface area contributed by atoms with Crippen LogP contribution in [-0.2, 0) is 19.0 Å². The molecular weight excluding hydrogens is 382 g/mol. The Labute approximate surface area is 167 Å². The third kappa shape index (κ3) is 5.80. The van der Waals surface area contributed by atoms with E-state index in [0.717, 1.165) is 4.88 Å². The molecule has 1 aliphatic heterocycles. The number of anilines is 1. The summed E-state index contributed by atoms with van der Waals surface area (Å²) in [6.07, 6.45) is 1.80. The van der Waals surface area contributed by atoms with Gasteiger partial charge >= 0.3 is 0 Å². The molecule has 0 saturated heterocycles. The molecule has 2 atom stereocenters. The maximum Gasteiger partial charge on any atom is 0.290 e. The van der Waals surface area contributed by atoms with E-state index in [1.54, 1.807) is 29.5 Å². The van der Waals surface area contributed by atoms with Gasteiger partial charge in [0.15, 0.2) is 5.76 Å². The monoisotopic (exact) mass is 405 g/mol. The fraction of sp³-hybridized carbons (Fsp3) is 0.350. The predicted molar refractivity (Wildman–Crippen MR) is 105 cm³/mol. The van der Waals surface area contributed by atoms with Crippen molar-refractivity contribution in [2.24, 2.45) is 0 Å². The number of ether oxygens (including phenoxy) is 3. The first-order valence-corrected chi connectivity index (χ1v) is 9.86. The predicted octanol–water partition coefficient (Wildman–Crippen LogP) is 2.83. The minimum Gasteiger partial charge on any atom is -0.508 e. The molecule has 3 rings (SSSR count). The summed E-state index contributed by atoms with van der Waals surface area (Å²) < 4.78 is 16.7. The molecule has 0 bridgehead atoms. The Hall–Kier alpha value is -2.39. The van der Waals surface area contributed by atoms with Gasteiger partial charge in [0.2, 0.25) is 6.29 Å². The molecule has 1 amide bonds. The summed E-state index contributed by atoms with van der Waals surface area (Å²) in [6.45, 7) is 0.842. The molecule has 2 aromatic rings. The van der Waals surface area contributed by atoms with Gasteiger partial charge in [-0.3, -0.25) is 4.79 Å². The number of hydrogen-bond donors (Lipinski definition) is 3. The zero-order valence-corrected chi connectivity index (χ0v) is 16.1. The minimum atomic E-state index is -0.584. The first-order valence-electron chi connectivity index (χ1n) is 8.98. The van der Waals surface area contributed by atoms with Gasteiger partial charge < -0.3 is 29.7 Å². The van der Waals surface area contributed by atoms with E-state index in [9.17, 15) is 9.90 Å². The SMILES string of the molecule is O=C(Nc1cccc(O)c1)C1=C[C@@H](c2cccs2)C[C@@H](OCCOCCO)O1. The van der Waals surface area contributed by atoms with Crippen molar-refractivity contribution in [1.29, 1.82) is 0 Å². The number of rotatable bonds is 9. The van der Waals surface area contributed by atoms with Crippen LogP contribution in [0.5, 0.6) is 5.75 Å². The highest BCUT2D eigenvalue weighted by Crippen LogP contribution is 2.34. The van der Waals surface area contributed by atoms with E-state index in [1.165, 1.54) is 12.1 Å². The zero-order valence-electron chi connectivity index (χ0n) is 15.2. The Kier molecular flexibility index (Phi) is 7.44. The van der Waals surface area contributed by atoms with Crippen molar-refractivity contribution in [1.82, 2.24) is 0 Å². The van der Waals surface area contributed by atoms with Gasteiger partial charge in [-0.2, -0.15) is 0 Å². The molecule has 150 valence electrons. The summed E-state index contributed by atoms with van der Waals surface area (Å²) in [4.78, 5) is 13.8. The third-order valence-corrected chi connectivity index (χ3v) is 5.07. The summed E-state index contributed by atoms with van der Waals surface area (Å²) in [5.41, 5.74) is 0.475. The number of amides is 1. The number of phenols is 1. The quantitative estimate of drug-likeness (QED) is 0.555. The Balaban J connectivity index is 1.67. The van der Waals surface area contributed by atoms with Gasteiger partial charge in [-0.25, -0.2) is 0 Å². The lowest BCUT2D eigenvalue weighted by atomic mass is 9.99. The molecule has 0 saturated carbocycles. The molecule has 0 unspecified atom stereocenters. The highest BCUT2D eigenvalue weighted by atomic mass is 32.1. The van der Waals surface area contributed by atoms with Crippen LogP contribution in [0.4, 0.5) is 5.69 Å². The summed E-state index contributed by atoms with van der Waals surface area (Å²) in [6, 6.07) is 10.3. The number of carbonyl (C=O) groups is 1. The van der Waals surface area contributed by atoms with Gasteiger partial charge in [-0.05, 0) is 29.7 Å². The van der Waals surface area contributed by atoms with Crippen LogP contribution in [0.1, 0.15) is 17.2 Å². The molecule has 0 spiro atoms. The van der Waals surface area contributed by atoms with Crippen molar-refractivity contribution in [3.8, 4) is 5.75 Å². The molecule has 2 heterocycles. The van der Waals surface area contributed by atoms with E-state index in [4.69, 9.17) is 19.3 Å². The first-order chi connectivity index (χ1) is 13.7. The van der Waals surface area contributed by atoms with Crippen molar-refractivity contribution < 1.29 is 29.2 Å². The zero-order chi connectivity index (χ0) is 19.8. The van der Waals surface area contributed by atoms with Gasteiger partial charge in [0.1, 0.15) is 5.75 Å². The van der Waals surface area contributed by atoms with E-state index in [2.05, 4.69) is 5.32 Å². The van der Waals surface area contributed by atoms with Gasteiger partial charge in [-0.15, -0.1) is 11.3 Å². The smallest absolute Gasteiger partial charge is 0.290 e. The Bertz CT molecular complexity index is 792. The van der Waals surface area contributed by atoms with Crippen LogP contribution in [0.15, 0.2) is 53.6 Å². The highest BCUT2D eigenvalue weighted by Gasteiger charge is 2.29. The summed E-state index contributed by atoms with van der Waals surface area (Å²) in [5, 5.41) is 23.0. The lowest BCUT2D eigenvalue weighted by Gasteiger charge is -2.28. The van der Waals surface area contributed by atoms with Crippen molar-refractivity contribution in [3.05, 3.63) is 58.5 Å². The molecule has 0 radical (unpaired) electrons. The van der Waals surface area contributed by atoms with Crippen LogP contribution < -0.4 is 5.32 Å². The second-order valence-electron chi connectivity index (χ2n) is 6.15. The number of phenolic OH excluding ortho intramolecular Hbond substituents is 1. The number of nitrogens with one attached hydrogen (secondary N) is 1. The number of aliphatic hydroxyl groups excluding tert-OH is 1. The molecule has 3 N–H and O–H groups in total. The van der Waals surface area contributed by atoms with Crippen LogP contribution in [0.3, 0.4) is 0 Å². The van der Waals surface area contributed by atoms with E-state index in [0.29, 0.717) is 25.3 Å². The van der Waals surface area contributed by atoms with Gasteiger partial charge in [0, 0.05) is 29.0 Å². The lowest BCUT2D eigenvalue weighted by Crippen LogP contribution is -2.30. The second-order valence-corrected chi connectivity index (χ2v) is 7.13. The standard InChI is InChI=1S/C20H23NO6S/c22-6-7-25-8-9-26-19-12-14(18-5-2-10-28-18)11-17(27-19)20(24)21-15-3-1-4-16(23)13-15/h1-5,10-11,13-14,19,22-23H,6-9,12H2,(H,21,24)/t14-,19+/m1/s1. The average molecular weight is 405 g/mol. The van der Waals surface area contributed by atoms with Crippen molar-refractivity contribution in [2.45, 2.75) is 18.6 Å².